The predicted octanol–water partition coefficient (Wildman–Crippen LogP) is 1.86. The minimum atomic E-state index is -0.572. The average Bonchev–Trinajstić information content (AvgIpc) is 2.42. The Balaban J connectivity index is 2.55. The molecule has 3 nitrogen and oxygen atoms in total. The van der Waals surface area contributed by atoms with Crippen LogP contribution in [-0.2, 0) is 0 Å². The first kappa shape index (κ1) is 8.82. The van der Waals surface area contributed by atoms with E-state index >= 15 is 0 Å². The van der Waals surface area contributed by atoms with Crippen LogP contribution in [0, 0.1) is 17.1 Å². The number of nitriles is 1. The van der Waals surface area contributed by atoms with Gasteiger partial charge in [-0.3, -0.25) is 0 Å². The van der Waals surface area contributed by atoms with Gasteiger partial charge < -0.3 is 9.47 Å². The van der Waals surface area contributed by atoms with Crippen molar-refractivity contribution in [3.05, 3.63) is 23.5 Å². The Morgan fingerprint density at radius 3 is 2.86 bits per heavy atom. The summed E-state index contributed by atoms with van der Waals surface area (Å²) >= 11 is 0. The molecule has 1 heterocycles. The van der Waals surface area contributed by atoms with Gasteiger partial charge in [0.15, 0.2) is 11.5 Å². The fourth-order valence-electron chi connectivity index (χ4n) is 1.32. The SMILES string of the molecule is N#Cc1c(F)ccc2c1OCCCO2. The lowest BCUT2D eigenvalue weighted by Crippen LogP contribution is -1.98. The van der Waals surface area contributed by atoms with Crippen LogP contribution < -0.4 is 9.47 Å². The first-order valence-electron chi connectivity index (χ1n) is 4.31. The van der Waals surface area contributed by atoms with E-state index in [9.17, 15) is 4.39 Å². The molecule has 1 aliphatic rings. The van der Waals surface area contributed by atoms with Crippen LogP contribution in [0.25, 0.3) is 0 Å². The van der Waals surface area contributed by atoms with Gasteiger partial charge in [0.25, 0.3) is 0 Å². The fourth-order valence-corrected chi connectivity index (χ4v) is 1.32. The molecule has 1 aliphatic heterocycles. The lowest BCUT2D eigenvalue weighted by atomic mass is 10.2. The summed E-state index contributed by atoms with van der Waals surface area (Å²) in [7, 11) is 0. The molecule has 0 atom stereocenters. The van der Waals surface area contributed by atoms with E-state index in [-0.39, 0.29) is 11.3 Å². The van der Waals surface area contributed by atoms with Crippen LogP contribution in [0.5, 0.6) is 11.5 Å². The van der Waals surface area contributed by atoms with E-state index < -0.39 is 5.82 Å². The highest BCUT2D eigenvalue weighted by molar-refractivity contribution is 5.53. The molecule has 1 aromatic carbocycles. The van der Waals surface area contributed by atoms with Gasteiger partial charge in [0.05, 0.1) is 13.2 Å². The third-order valence-electron chi connectivity index (χ3n) is 1.98. The molecule has 0 spiro atoms. The highest BCUT2D eigenvalue weighted by Gasteiger charge is 2.17. The van der Waals surface area contributed by atoms with Gasteiger partial charge in [0.2, 0.25) is 0 Å². The van der Waals surface area contributed by atoms with Crippen molar-refractivity contribution in [3.63, 3.8) is 0 Å². The van der Waals surface area contributed by atoms with Gasteiger partial charge in [-0.1, -0.05) is 0 Å². The van der Waals surface area contributed by atoms with Crippen LogP contribution in [0.1, 0.15) is 12.0 Å². The molecule has 0 aliphatic carbocycles. The molecule has 4 heteroatoms. The molecule has 0 radical (unpaired) electrons. The van der Waals surface area contributed by atoms with Crippen molar-refractivity contribution in [1.82, 2.24) is 0 Å². The Labute approximate surface area is 80.7 Å². The van der Waals surface area contributed by atoms with Crippen molar-refractivity contribution in [1.29, 1.82) is 5.26 Å². The van der Waals surface area contributed by atoms with Crippen LogP contribution in [0.4, 0.5) is 4.39 Å². The Kier molecular flexibility index (Phi) is 2.23. The van der Waals surface area contributed by atoms with E-state index in [0.717, 1.165) is 6.42 Å². The molecule has 0 bridgehead atoms. The standard InChI is InChI=1S/C10H8FNO2/c11-8-2-3-9-10(7(8)6-12)14-5-1-4-13-9/h2-3H,1,4-5H2. The zero-order chi connectivity index (χ0) is 9.97. The van der Waals surface area contributed by atoms with E-state index in [2.05, 4.69) is 0 Å². The van der Waals surface area contributed by atoms with E-state index in [1.165, 1.54) is 12.1 Å². The molecule has 14 heavy (non-hydrogen) atoms. The van der Waals surface area contributed by atoms with Crippen LogP contribution in [0.15, 0.2) is 12.1 Å². The van der Waals surface area contributed by atoms with Crippen molar-refractivity contribution >= 4 is 0 Å². The molecule has 72 valence electrons. The number of fused-ring (bicyclic) bond motifs is 1. The van der Waals surface area contributed by atoms with E-state index in [1.807, 2.05) is 0 Å². The summed E-state index contributed by atoms with van der Waals surface area (Å²) in [6, 6.07) is 4.47. The fraction of sp³-hybridized carbons (Fsp3) is 0.300. The van der Waals surface area contributed by atoms with E-state index in [1.54, 1.807) is 6.07 Å². The Morgan fingerprint density at radius 2 is 2.07 bits per heavy atom. The minimum absolute atomic E-state index is 0.0793. The number of halogens is 1. The maximum atomic E-state index is 13.2. The van der Waals surface area contributed by atoms with Gasteiger partial charge in [0, 0.05) is 6.42 Å². The summed E-state index contributed by atoms with van der Waals surface area (Å²) in [4.78, 5) is 0. The summed E-state index contributed by atoms with van der Waals surface area (Å²) in [6.45, 7) is 0.981. The number of nitrogens with zero attached hydrogens (tertiary/aromatic N) is 1. The monoisotopic (exact) mass is 193 g/mol. The number of rotatable bonds is 0. The molecule has 1 aromatic rings. The van der Waals surface area contributed by atoms with Gasteiger partial charge in [-0.05, 0) is 12.1 Å². The normalized spacial score (nSPS) is 14.3. The molecular weight excluding hydrogens is 185 g/mol. The Morgan fingerprint density at radius 1 is 1.29 bits per heavy atom. The second kappa shape index (κ2) is 3.54. The molecule has 0 unspecified atom stereocenters. The lowest BCUT2D eigenvalue weighted by molar-refractivity contribution is 0.296. The van der Waals surface area contributed by atoms with Gasteiger partial charge in [-0.15, -0.1) is 0 Å². The zero-order valence-corrected chi connectivity index (χ0v) is 7.42. The first-order chi connectivity index (χ1) is 6.83. The van der Waals surface area contributed by atoms with Crippen molar-refractivity contribution in [2.45, 2.75) is 6.42 Å². The number of benzene rings is 1. The smallest absolute Gasteiger partial charge is 0.181 e. The maximum Gasteiger partial charge on any atom is 0.181 e. The Bertz CT molecular complexity index is 398. The average molecular weight is 193 g/mol. The van der Waals surface area contributed by atoms with Gasteiger partial charge in [0.1, 0.15) is 17.4 Å². The molecule has 2 rings (SSSR count). The van der Waals surface area contributed by atoms with Crippen molar-refractivity contribution < 1.29 is 13.9 Å². The largest absolute Gasteiger partial charge is 0.490 e. The summed E-state index contributed by atoms with van der Waals surface area (Å²) in [6.07, 6.45) is 0.737. The number of hydrogen-bond donors (Lipinski definition) is 0. The van der Waals surface area contributed by atoms with E-state index in [4.69, 9.17) is 14.7 Å². The topological polar surface area (TPSA) is 42.2 Å². The molecule has 0 amide bonds. The highest BCUT2D eigenvalue weighted by Crippen LogP contribution is 2.34. The molecule has 0 saturated heterocycles. The third kappa shape index (κ3) is 1.37. The van der Waals surface area contributed by atoms with Crippen LogP contribution in [0.2, 0.25) is 0 Å². The van der Waals surface area contributed by atoms with Gasteiger partial charge in [-0.2, -0.15) is 5.26 Å². The molecular formula is C10H8FNO2. The van der Waals surface area contributed by atoms with Crippen molar-refractivity contribution in [3.8, 4) is 17.6 Å². The van der Waals surface area contributed by atoms with E-state index in [0.29, 0.717) is 19.0 Å². The lowest BCUT2D eigenvalue weighted by Gasteiger charge is -2.08. The quantitative estimate of drug-likeness (QED) is 0.631. The maximum absolute atomic E-state index is 13.2. The second-order valence-electron chi connectivity index (χ2n) is 2.91. The van der Waals surface area contributed by atoms with Crippen LogP contribution >= 0.6 is 0 Å². The first-order valence-corrected chi connectivity index (χ1v) is 4.31. The summed E-state index contributed by atoms with van der Waals surface area (Å²) in [5.74, 6) is 0.0993. The molecule has 0 fully saturated rings. The van der Waals surface area contributed by atoms with Crippen LogP contribution in [-0.4, -0.2) is 13.2 Å². The molecule has 0 aromatic heterocycles. The number of ether oxygens (including phenoxy) is 2. The number of hydrogen-bond acceptors (Lipinski definition) is 3. The van der Waals surface area contributed by atoms with Crippen molar-refractivity contribution in [2.24, 2.45) is 0 Å². The molecule has 0 saturated carbocycles. The summed E-state index contributed by atoms with van der Waals surface area (Å²) in [5.41, 5.74) is -0.0793. The van der Waals surface area contributed by atoms with Gasteiger partial charge in [-0.25, -0.2) is 4.39 Å². The Hall–Kier alpha value is -1.76. The third-order valence-corrected chi connectivity index (χ3v) is 1.98. The summed E-state index contributed by atoms with van der Waals surface area (Å²) < 4.78 is 23.7. The second-order valence-corrected chi connectivity index (χ2v) is 2.91. The minimum Gasteiger partial charge on any atom is -0.490 e. The molecule has 0 N–H and O–H groups in total. The van der Waals surface area contributed by atoms with Gasteiger partial charge >= 0.3 is 0 Å². The van der Waals surface area contributed by atoms with Crippen molar-refractivity contribution in [2.75, 3.05) is 13.2 Å². The highest BCUT2D eigenvalue weighted by atomic mass is 19.1. The van der Waals surface area contributed by atoms with Crippen LogP contribution in [0.3, 0.4) is 0 Å². The predicted molar refractivity (Wildman–Crippen MR) is 46.7 cm³/mol. The zero-order valence-electron chi connectivity index (χ0n) is 7.42. The summed E-state index contributed by atoms with van der Waals surface area (Å²) in [5, 5.41) is 8.74.